The van der Waals surface area contributed by atoms with E-state index in [-0.39, 0.29) is 29.3 Å². The van der Waals surface area contributed by atoms with E-state index < -0.39 is 23.7 Å². The SMILES string of the molecule is BCOc1ccc(-c2ccc(-c3ccc(C#CC4COC(C=C)OC4)c(F)c3)cc2)c(F)c1F. The van der Waals surface area contributed by atoms with Crippen LogP contribution in [0.4, 0.5) is 13.2 Å². The predicted molar refractivity (Wildman–Crippen MR) is 127 cm³/mol. The minimum atomic E-state index is -1.02. The zero-order chi connectivity index (χ0) is 24.1. The molecule has 0 amide bonds. The summed E-state index contributed by atoms with van der Waals surface area (Å²) in [6.07, 6.45) is 1.15. The third-order valence-corrected chi connectivity index (χ3v) is 5.37. The summed E-state index contributed by atoms with van der Waals surface area (Å²) < 4.78 is 59.3. The van der Waals surface area contributed by atoms with E-state index in [9.17, 15) is 13.2 Å². The van der Waals surface area contributed by atoms with Crippen molar-refractivity contribution in [2.24, 2.45) is 5.92 Å². The summed E-state index contributed by atoms with van der Waals surface area (Å²) in [5.41, 5.74) is 2.28. The molecular formula is C27H22BF3O3. The van der Waals surface area contributed by atoms with Gasteiger partial charge in [0.1, 0.15) is 5.82 Å². The van der Waals surface area contributed by atoms with Gasteiger partial charge in [0, 0.05) is 5.56 Å². The molecule has 1 fully saturated rings. The van der Waals surface area contributed by atoms with E-state index in [2.05, 4.69) is 18.4 Å². The highest BCUT2D eigenvalue weighted by Gasteiger charge is 2.18. The second-order valence-electron chi connectivity index (χ2n) is 7.68. The van der Waals surface area contributed by atoms with Crippen LogP contribution in [-0.2, 0) is 9.47 Å². The zero-order valence-electron chi connectivity index (χ0n) is 18.6. The van der Waals surface area contributed by atoms with Crippen LogP contribution < -0.4 is 4.74 Å². The van der Waals surface area contributed by atoms with Crippen molar-refractivity contribution < 1.29 is 27.4 Å². The molecule has 0 saturated carbocycles. The fourth-order valence-corrected chi connectivity index (χ4v) is 3.58. The van der Waals surface area contributed by atoms with Gasteiger partial charge in [-0.3, -0.25) is 0 Å². The Bertz CT molecular complexity index is 1240. The molecule has 3 nitrogen and oxygen atoms in total. The number of benzene rings is 3. The van der Waals surface area contributed by atoms with Gasteiger partial charge < -0.3 is 14.2 Å². The molecule has 0 spiro atoms. The van der Waals surface area contributed by atoms with E-state index in [4.69, 9.17) is 14.2 Å². The fraction of sp³-hybridized carbons (Fsp3) is 0.185. The summed E-state index contributed by atoms with van der Waals surface area (Å²) in [7, 11) is 1.70. The van der Waals surface area contributed by atoms with Gasteiger partial charge in [-0.2, -0.15) is 4.39 Å². The van der Waals surface area contributed by atoms with Crippen LogP contribution in [0.5, 0.6) is 5.75 Å². The van der Waals surface area contributed by atoms with Crippen molar-refractivity contribution in [2.75, 3.05) is 19.7 Å². The van der Waals surface area contributed by atoms with Gasteiger partial charge in [0.15, 0.2) is 25.7 Å². The van der Waals surface area contributed by atoms with Gasteiger partial charge >= 0.3 is 0 Å². The third-order valence-electron chi connectivity index (χ3n) is 5.37. The summed E-state index contributed by atoms with van der Waals surface area (Å²) in [6.45, 7) is 4.65. The zero-order valence-corrected chi connectivity index (χ0v) is 18.6. The molecule has 0 unspecified atom stereocenters. The monoisotopic (exact) mass is 462 g/mol. The van der Waals surface area contributed by atoms with Crippen LogP contribution in [0.15, 0.2) is 67.3 Å². The molecule has 0 aromatic heterocycles. The lowest BCUT2D eigenvalue weighted by Crippen LogP contribution is -2.29. The van der Waals surface area contributed by atoms with Crippen LogP contribution in [-0.4, -0.2) is 33.9 Å². The summed E-state index contributed by atoms with van der Waals surface area (Å²) >= 11 is 0. The van der Waals surface area contributed by atoms with Crippen molar-refractivity contribution in [3.63, 3.8) is 0 Å². The fourth-order valence-electron chi connectivity index (χ4n) is 3.58. The molecule has 3 aromatic carbocycles. The van der Waals surface area contributed by atoms with E-state index in [1.54, 1.807) is 50.3 Å². The van der Waals surface area contributed by atoms with Crippen molar-refractivity contribution in [2.45, 2.75) is 6.29 Å². The first-order valence-corrected chi connectivity index (χ1v) is 10.9. The second kappa shape index (κ2) is 10.6. The molecule has 1 heterocycles. The molecule has 0 atom stereocenters. The highest BCUT2D eigenvalue weighted by atomic mass is 19.2. The van der Waals surface area contributed by atoms with Crippen molar-refractivity contribution >= 4 is 7.85 Å². The lowest BCUT2D eigenvalue weighted by molar-refractivity contribution is -0.164. The molecule has 0 radical (unpaired) electrons. The van der Waals surface area contributed by atoms with Gasteiger partial charge in [-0.05, 0) is 47.0 Å². The van der Waals surface area contributed by atoms with Crippen LogP contribution in [0, 0.1) is 35.2 Å². The van der Waals surface area contributed by atoms with Crippen LogP contribution in [0.1, 0.15) is 5.56 Å². The summed E-state index contributed by atoms with van der Waals surface area (Å²) in [5.74, 6) is 3.13. The van der Waals surface area contributed by atoms with E-state index in [1.165, 1.54) is 18.2 Å². The Morgan fingerprint density at radius 1 is 0.941 bits per heavy atom. The Morgan fingerprint density at radius 3 is 2.26 bits per heavy atom. The van der Waals surface area contributed by atoms with E-state index in [0.717, 1.165) is 5.56 Å². The largest absolute Gasteiger partial charge is 0.500 e. The Hall–Kier alpha value is -3.47. The lowest BCUT2D eigenvalue weighted by Gasteiger charge is -2.24. The lowest BCUT2D eigenvalue weighted by atomic mass is 9.98. The summed E-state index contributed by atoms with van der Waals surface area (Å²) in [6, 6.07) is 14.5. The van der Waals surface area contributed by atoms with Gasteiger partial charge in [0.05, 0.1) is 31.2 Å². The molecule has 1 saturated heterocycles. The predicted octanol–water partition coefficient (Wildman–Crippen LogP) is 4.93. The molecular weight excluding hydrogens is 440 g/mol. The first-order valence-electron chi connectivity index (χ1n) is 10.9. The first kappa shape index (κ1) is 23.7. The van der Waals surface area contributed by atoms with Gasteiger partial charge in [-0.25, -0.2) is 8.78 Å². The molecule has 3 aromatic rings. The molecule has 1 aliphatic rings. The second-order valence-corrected chi connectivity index (χ2v) is 7.68. The highest BCUT2D eigenvalue weighted by Crippen LogP contribution is 2.31. The standard InChI is InChI=1S/C27H22BF3O3/c1-2-25-32-14-17(15-33-25)3-4-20-9-10-21(13-23(20)29)18-5-7-19(8-6-18)22-11-12-24(34-16-28)27(31)26(22)30/h2,5-13,17,25H,1,14-16,28H2. The van der Waals surface area contributed by atoms with Crippen molar-refractivity contribution in [1.82, 2.24) is 0 Å². The molecule has 0 N–H and O–H groups in total. The van der Waals surface area contributed by atoms with Crippen molar-refractivity contribution in [1.29, 1.82) is 0 Å². The Kier molecular flexibility index (Phi) is 7.41. The Labute approximate surface area is 197 Å². The average molecular weight is 462 g/mol. The quantitative estimate of drug-likeness (QED) is 0.306. The molecule has 1 aliphatic heterocycles. The molecule has 172 valence electrons. The van der Waals surface area contributed by atoms with E-state index in [1.807, 2.05) is 0 Å². The van der Waals surface area contributed by atoms with E-state index >= 15 is 0 Å². The minimum absolute atomic E-state index is 0.122. The van der Waals surface area contributed by atoms with Gasteiger partial charge in [0.25, 0.3) is 0 Å². The maximum absolute atomic E-state index is 14.7. The Morgan fingerprint density at radius 2 is 1.62 bits per heavy atom. The van der Waals surface area contributed by atoms with Gasteiger partial charge in [-0.15, -0.1) is 0 Å². The topological polar surface area (TPSA) is 27.7 Å². The van der Waals surface area contributed by atoms with Gasteiger partial charge in [-0.1, -0.05) is 48.8 Å². The highest BCUT2D eigenvalue weighted by molar-refractivity contribution is 6.08. The smallest absolute Gasteiger partial charge is 0.201 e. The first-order chi connectivity index (χ1) is 16.5. The maximum Gasteiger partial charge on any atom is 0.201 e. The third kappa shape index (κ3) is 5.19. The molecule has 4 rings (SSSR count). The molecule has 34 heavy (non-hydrogen) atoms. The normalized spacial score (nSPS) is 17.5. The number of ether oxygens (including phenoxy) is 3. The van der Waals surface area contributed by atoms with Crippen LogP contribution in [0.25, 0.3) is 22.3 Å². The maximum atomic E-state index is 14.7. The van der Waals surface area contributed by atoms with Gasteiger partial charge in [0.2, 0.25) is 5.82 Å². The molecule has 7 heteroatoms. The van der Waals surface area contributed by atoms with E-state index in [0.29, 0.717) is 24.3 Å². The van der Waals surface area contributed by atoms with Crippen LogP contribution in [0.2, 0.25) is 0 Å². The Balaban J connectivity index is 1.50. The minimum Gasteiger partial charge on any atom is -0.500 e. The van der Waals surface area contributed by atoms with Crippen molar-refractivity contribution in [3.05, 3.63) is 90.3 Å². The van der Waals surface area contributed by atoms with Crippen LogP contribution in [0.3, 0.4) is 0 Å². The molecule has 0 bridgehead atoms. The summed E-state index contributed by atoms with van der Waals surface area (Å²) in [4.78, 5) is 0. The molecule has 0 aliphatic carbocycles. The van der Waals surface area contributed by atoms with Crippen molar-refractivity contribution in [3.8, 4) is 39.8 Å². The number of halogens is 3. The van der Waals surface area contributed by atoms with Crippen LogP contribution >= 0.6 is 0 Å². The summed E-state index contributed by atoms with van der Waals surface area (Å²) in [5, 5.41) is 0. The average Bonchev–Trinajstić information content (AvgIpc) is 2.87. The number of hydrogen-bond donors (Lipinski definition) is 0. The number of hydrogen-bond acceptors (Lipinski definition) is 3. The number of rotatable bonds is 5.